The van der Waals surface area contributed by atoms with E-state index in [4.69, 9.17) is 5.11 Å². The van der Waals surface area contributed by atoms with Crippen molar-refractivity contribution in [1.29, 1.82) is 0 Å². The lowest BCUT2D eigenvalue weighted by molar-refractivity contribution is -0.137. The van der Waals surface area contributed by atoms with Crippen molar-refractivity contribution in [3.8, 4) is 0 Å². The molecule has 0 bridgehead atoms. The van der Waals surface area contributed by atoms with E-state index in [-0.39, 0.29) is 12.5 Å². The van der Waals surface area contributed by atoms with Gasteiger partial charge in [-0.05, 0) is 37.3 Å². The maximum absolute atomic E-state index is 12.0. The van der Waals surface area contributed by atoms with Crippen molar-refractivity contribution in [1.82, 2.24) is 9.88 Å². The molecule has 6 heteroatoms. The molecule has 1 aromatic heterocycles. The standard InChI is InChI=1S/C14H19N3O3/c18-13(19)4-3-11-5-8-17(9-6-11)14(20)16-12-2-1-7-15-10-12/h1-2,7,10-11H,3-6,8-9H2,(H,16,20)(H,18,19). The van der Waals surface area contributed by atoms with Gasteiger partial charge in [0.2, 0.25) is 0 Å². The van der Waals surface area contributed by atoms with E-state index >= 15 is 0 Å². The first-order valence-electron chi connectivity index (χ1n) is 6.83. The number of amides is 2. The van der Waals surface area contributed by atoms with Gasteiger partial charge in [-0.25, -0.2) is 4.79 Å². The van der Waals surface area contributed by atoms with Crippen molar-refractivity contribution in [3.63, 3.8) is 0 Å². The lowest BCUT2D eigenvalue weighted by Gasteiger charge is -2.31. The summed E-state index contributed by atoms with van der Waals surface area (Å²) in [6.07, 6.45) is 5.92. The van der Waals surface area contributed by atoms with Crippen molar-refractivity contribution in [2.24, 2.45) is 5.92 Å². The average Bonchev–Trinajstić information content (AvgIpc) is 2.46. The first-order valence-corrected chi connectivity index (χ1v) is 6.83. The van der Waals surface area contributed by atoms with Crippen molar-refractivity contribution < 1.29 is 14.7 Å². The van der Waals surface area contributed by atoms with Gasteiger partial charge in [-0.15, -0.1) is 0 Å². The van der Waals surface area contributed by atoms with Crippen LogP contribution in [0.5, 0.6) is 0 Å². The Bertz CT molecular complexity index is 456. The number of hydrogen-bond donors (Lipinski definition) is 2. The number of hydrogen-bond acceptors (Lipinski definition) is 3. The average molecular weight is 277 g/mol. The van der Waals surface area contributed by atoms with E-state index in [9.17, 15) is 9.59 Å². The molecule has 2 amide bonds. The molecule has 0 aliphatic carbocycles. The summed E-state index contributed by atoms with van der Waals surface area (Å²) >= 11 is 0. The fourth-order valence-corrected chi connectivity index (χ4v) is 2.39. The summed E-state index contributed by atoms with van der Waals surface area (Å²) in [5.74, 6) is -0.338. The molecule has 108 valence electrons. The number of carbonyl (C=O) groups is 2. The lowest BCUT2D eigenvalue weighted by Crippen LogP contribution is -2.41. The molecule has 2 heterocycles. The lowest BCUT2D eigenvalue weighted by atomic mass is 9.92. The summed E-state index contributed by atoms with van der Waals surface area (Å²) in [7, 11) is 0. The number of urea groups is 1. The van der Waals surface area contributed by atoms with Crippen LogP contribution >= 0.6 is 0 Å². The van der Waals surface area contributed by atoms with Gasteiger partial charge in [0.15, 0.2) is 0 Å². The van der Waals surface area contributed by atoms with Crippen LogP contribution in [-0.4, -0.2) is 40.1 Å². The van der Waals surface area contributed by atoms with Crippen molar-refractivity contribution >= 4 is 17.7 Å². The van der Waals surface area contributed by atoms with E-state index in [1.807, 2.05) is 0 Å². The van der Waals surface area contributed by atoms with E-state index in [1.165, 1.54) is 0 Å². The highest BCUT2D eigenvalue weighted by atomic mass is 16.4. The second-order valence-corrected chi connectivity index (χ2v) is 5.03. The molecular formula is C14H19N3O3. The number of rotatable bonds is 4. The molecule has 0 aromatic carbocycles. The Labute approximate surface area is 117 Å². The van der Waals surface area contributed by atoms with Gasteiger partial charge in [0.05, 0.1) is 11.9 Å². The van der Waals surface area contributed by atoms with Gasteiger partial charge in [-0.1, -0.05) is 0 Å². The highest BCUT2D eigenvalue weighted by molar-refractivity contribution is 5.89. The molecule has 2 N–H and O–H groups in total. The van der Waals surface area contributed by atoms with E-state index in [0.717, 1.165) is 12.8 Å². The largest absolute Gasteiger partial charge is 0.481 e. The number of pyridine rings is 1. The second-order valence-electron chi connectivity index (χ2n) is 5.03. The summed E-state index contributed by atoms with van der Waals surface area (Å²) in [6.45, 7) is 1.35. The quantitative estimate of drug-likeness (QED) is 0.883. The minimum absolute atomic E-state index is 0.116. The predicted molar refractivity (Wildman–Crippen MR) is 74.4 cm³/mol. The molecule has 1 aliphatic rings. The zero-order valence-corrected chi connectivity index (χ0v) is 11.3. The number of piperidine rings is 1. The fraction of sp³-hybridized carbons (Fsp3) is 0.500. The Morgan fingerprint density at radius 1 is 1.40 bits per heavy atom. The van der Waals surface area contributed by atoms with Crippen LogP contribution in [0, 0.1) is 5.92 Å². The van der Waals surface area contributed by atoms with E-state index in [2.05, 4.69) is 10.3 Å². The Kier molecular flexibility index (Phi) is 4.92. The molecule has 1 fully saturated rings. The van der Waals surface area contributed by atoms with Crippen molar-refractivity contribution in [3.05, 3.63) is 24.5 Å². The molecule has 0 radical (unpaired) electrons. The maximum atomic E-state index is 12.0. The van der Waals surface area contributed by atoms with Crippen LogP contribution in [-0.2, 0) is 4.79 Å². The van der Waals surface area contributed by atoms with Crippen LogP contribution in [0.1, 0.15) is 25.7 Å². The van der Waals surface area contributed by atoms with E-state index in [1.54, 1.807) is 29.4 Å². The molecular weight excluding hydrogens is 258 g/mol. The Morgan fingerprint density at radius 2 is 2.15 bits per heavy atom. The number of carbonyl (C=O) groups excluding carboxylic acids is 1. The summed E-state index contributed by atoms with van der Waals surface area (Å²) < 4.78 is 0. The van der Waals surface area contributed by atoms with Crippen LogP contribution in [0.15, 0.2) is 24.5 Å². The molecule has 1 aromatic rings. The first-order chi connectivity index (χ1) is 9.65. The van der Waals surface area contributed by atoms with Gasteiger partial charge < -0.3 is 15.3 Å². The monoisotopic (exact) mass is 277 g/mol. The number of aromatic nitrogens is 1. The van der Waals surface area contributed by atoms with Crippen LogP contribution in [0.2, 0.25) is 0 Å². The fourth-order valence-electron chi connectivity index (χ4n) is 2.39. The highest BCUT2D eigenvalue weighted by Gasteiger charge is 2.23. The Hall–Kier alpha value is -2.11. The van der Waals surface area contributed by atoms with Gasteiger partial charge >= 0.3 is 12.0 Å². The zero-order valence-electron chi connectivity index (χ0n) is 11.3. The summed E-state index contributed by atoms with van der Waals surface area (Å²) in [5, 5.41) is 11.5. The van der Waals surface area contributed by atoms with Gasteiger partial charge in [0.25, 0.3) is 0 Å². The molecule has 0 unspecified atom stereocenters. The normalized spacial score (nSPS) is 15.9. The van der Waals surface area contributed by atoms with Crippen molar-refractivity contribution in [2.75, 3.05) is 18.4 Å². The second kappa shape index (κ2) is 6.88. The smallest absolute Gasteiger partial charge is 0.321 e. The number of nitrogens with zero attached hydrogens (tertiary/aromatic N) is 2. The third-order valence-electron chi connectivity index (χ3n) is 3.58. The first kappa shape index (κ1) is 14.3. The zero-order chi connectivity index (χ0) is 14.4. The van der Waals surface area contributed by atoms with Gasteiger partial charge in [0, 0.05) is 25.7 Å². The van der Waals surface area contributed by atoms with Crippen LogP contribution < -0.4 is 5.32 Å². The SMILES string of the molecule is O=C(O)CCC1CCN(C(=O)Nc2cccnc2)CC1. The predicted octanol–water partition coefficient (Wildman–Crippen LogP) is 2.19. The molecule has 1 saturated heterocycles. The highest BCUT2D eigenvalue weighted by Crippen LogP contribution is 2.22. The van der Waals surface area contributed by atoms with Gasteiger partial charge in [0.1, 0.15) is 0 Å². The number of aliphatic carboxylic acids is 1. The molecule has 0 spiro atoms. The Morgan fingerprint density at radius 3 is 2.75 bits per heavy atom. The minimum atomic E-state index is -0.748. The molecule has 20 heavy (non-hydrogen) atoms. The summed E-state index contributed by atoms with van der Waals surface area (Å²) in [6, 6.07) is 3.45. The van der Waals surface area contributed by atoms with Crippen LogP contribution in [0.4, 0.5) is 10.5 Å². The van der Waals surface area contributed by atoms with E-state index in [0.29, 0.717) is 31.1 Å². The molecule has 6 nitrogen and oxygen atoms in total. The van der Waals surface area contributed by atoms with E-state index < -0.39 is 5.97 Å². The molecule has 1 aliphatic heterocycles. The van der Waals surface area contributed by atoms with Crippen LogP contribution in [0.25, 0.3) is 0 Å². The van der Waals surface area contributed by atoms with Gasteiger partial charge in [-0.2, -0.15) is 0 Å². The molecule has 0 saturated carbocycles. The molecule has 2 rings (SSSR count). The summed E-state index contributed by atoms with van der Waals surface area (Å²) in [4.78, 5) is 28.3. The topological polar surface area (TPSA) is 82.5 Å². The third kappa shape index (κ3) is 4.22. The third-order valence-corrected chi connectivity index (χ3v) is 3.58. The number of anilines is 1. The Balaban J connectivity index is 1.76. The van der Waals surface area contributed by atoms with Crippen LogP contribution in [0.3, 0.4) is 0 Å². The minimum Gasteiger partial charge on any atom is -0.481 e. The van der Waals surface area contributed by atoms with Crippen molar-refractivity contribution in [2.45, 2.75) is 25.7 Å². The molecule has 0 atom stereocenters. The number of likely N-dealkylation sites (tertiary alicyclic amines) is 1. The van der Waals surface area contributed by atoms with Gasteiger partial charge in [-0.3, -0.25) is 9.78 Å². The number of nitrogens with one attached hydrogen (secondary N) is 1. The maximum Gasteiger partial charge on any atom is 0.321 e. The number of carboxylic acid groups (broad SMARTS) is 1. The summed E-state index contributed by atoms with van der Waals surface area (Å²) in [5.41, 5.74) is 0.686. The number of carboxylic acids is 1.